The third kappa shape index (κ3) is 5.75. The molecule has 1 aliphatic carbocycles. The highest BCUT2D eigenvalue weighted by atomic mass is 35.5. The number of nitrogens with one attached hydrogen (secondary N) is 2. The van der Waals surface area contributed by atoms with Gasteiger partial charge in [0.05, 0.1) is 7.11 Å². The van der Waals surface area contributed by atoms with Crippen molar-refractivity contribution in [2.75, 3.05) is 7.11 Å². The van der Waals surface area contributed by atoms with Gasteiger partial charge in [0.25, 0.3) is 0 Å². The van der Waals surface area contributed by atoms with Gasteiger partial charge in [0, 0.05) is 17.5 Å². The first-order chi connectivity index (χ1) is 11.1. The molecule has 1 aliphatic rings. The number of rotatable bonds is 5. The monoisotopic (exact) mass is 338 g/mol. The van der Waals surface area contributed by atoms with Crippen LogP contribution in [-0.2, 0) is 16.0 Å². The smallest absolute Gasteiger partial charge is 0.407 e. The zero-order valence-corrected chi connectivity index (χ0v) is 14.1. The molecule has 23 heavy (non-hydrogen) atoms. The molecule has 0 aromatic heterocycles. The van der Waals surface area contributed by atoms with Crippen molar-refractivity contribution in [2.24, 2.45) is 0 Å². The lowest BCUT2D eigenvalue weighted by atomic mass is 9.95. The number of methoxy groups -OCH3 is 1. The Labute approximate surface area is 141 Å². The third-order valence-electron chi connectivity index (χ3n) is 4.10. The summed E-state index contributed by atoms with van der Waals surface area (Å²) in [7, 11) is 1.29. The molecule has 126 valence electrons. The van der Waals surface area contributed by atoms with Crippen molar-refractivity contribution >= 4 is 23.6 Å². The molecule has 0 bridgehead atoms. The average Bonchev–Trinajstić information content (AvgIpc) is 2.57. The Bertz CT molecular complexity index is 527. The van der Waals surface area contributed by atoms with E-state index >= 15 is 0 Å². The van der Waals surface area contributed by atoms with Gasteiger partial charge in [-0.2, -0.15) is 0 Å². The average molecular weight is 339 g/mol. The van der Waals surface area contributed by atoms with Crippen molar-refractivity contribution in [3.63, 3.8) is 0 Å². The summed E-state index contributed by atoms with van der Waals surface area (Å²) in [5, 5.41) is 6.29. The van der Waals surface area contributed by atoms with E-state index in [-0.39, 0.29) is 11.9 Å². The Morgan fingerprint density at radius 1 is 1.22 bits per heavy atom. The van der Waals surface area contributed by atoms with E-state index in [1.54, 1.807) is 12.1 Å². The molecule has 0 radical (unpaired) electrons. The second-order valence-electron chi connectivity index (χ2n) is 5.86. The molecule has 0 aliphatic heterocycles. The van der Waals surface area contributed by atoms with Gasteiger partial charge in [-0.25, -0.2) is 4.79 Å². The summed E-state index contributed by atoms with van der Waals surface area (Å²) < 4.78 is 4.63. The topological polar surface area (TPSA) is 67.4 Å². The van der Waals surface area contributed by atoms with Crippen molar-refractivity contribution in [3.8, 4) is 0 Å². The largest absolute Gasteiger partial charge is 0.453 e. The van der Waals surface area contributed by atoms with Crippen LogP contribution in [0, 0.1) is 0 Å². The van der Waals surface area contributed by atoms with Gasteiger partial charge < -0.3 is 15.4 Å². The maximum absolute atomic E-state index is 12.5. The maximum atomic E-state index is 12.5. The summed E-state index contributed by atoms with van der Waals surface area (Å²) in [6.45, 7) is 0. The molecule has 1 aromatic rings. The highest BCUT2D eigenvalue weighted by Gasteiger charge is 2.24. The first-order valence-corrected chi connectivity index (χ1v) is 8.35. The normalized spacial score (nSPS) is 16.4. The number of hydrogen-bond donors (Lipinski definition) is 2. The number of halogens is 1. The van der Waals surface area contributed by atoms with E-state index < -0.39 is 12.1 Å². The van der Waals surface area contributed by atoms with Gasteiger partial charge in [0.15, 0.2) is 0 Å². The second-order valence-corrected chi connectivity index (χ2v) is 6.30. The van der Waals surface area contributed by atoms with Crippen molar-refractivity contribution in [3.05, 3.63) is 34.9 Å². The zero-order valence-electron chi connectivity index (χ0n) is 13.3. The fourth-order valence-electron chi connectivity index (χ4n) is 2.82. The summed E-state index contributed by atoms with van der Waals surface area (Å²) in [5.74, 6) is -0.169. The van der Waals surface area contributed by atoms with Gasteiger partial charge in [0.1, 0.15) is 6.04 Å². The molecule has 0 spiro atoms. The number of benzene rings is 1. The lowest BCUT2D eigenvalue weighted by Gasteiger charge is -2.26. The summed E-state index contributed by atoms with van der Waals surface area (Å²) >= 11 is 5.88. The van der Waals surface area contributed by atoms with Crippen LogP contribution >= 0.6 is 11.6 Å². The van der Waals surface area contributed by atoms with Crippen LogP contribution in [0.5, 0.6) is 0 Å². The van der Waals surface area contributed by atoms with Crippen molar-refractivity contribution in [2.45, 2.75) is 50.6 Å². The quantitative estimate of drug-likeness (QED) is 0.867. The molecule has 2 N–H and O–H groups in total. The molecule has 0 heterocycles. The van der Waals surface area contributed by atoms with E-state index in [9.17, 15) is 9.59 Å². The van der Waals surface area contributed by atoms with Crippen LogP contribution in [0.25, 0.3) is 0 Å². The Morgan fingerprint density at radius 3 is 2.48 bits per heavy atom. The zero-order chi connectivity index (χ0) is 16.7. The van der Waals surface area contributed by atoms with Crippen molar-refractivity contribution in [1.29, 1.82) is 0 Å². The van der Waals surface area contributed by atoms with E-state index in [1.165, 1.54) is 13.5 Å². The van der Waals surface area contributed by atoms with Gasteiger partial charge in [0.2, 0.25) is 5.91 Å². The maximum Gasteiger partial charge on any atom is 0.407 e. The molecule has 0 saturated heterocycles. The first kappa shape index (κ1) is 17.6. The van der Waals surface area contributed by atoms with E-state index in [0.717, 1.165) is 31.2 Å². The number of hydrogen-bond acceptors (Lipinski definition) is 3. The third-order valence-corrected chi connectivity index (χ3v) is 4.35. The first-order valence-electron chi connectivity index (χ1n) is 7.98. The molecule has 2 rings (SSSR count). The number of carbonyl (C=O) groups excluding carboxylic acids is 2. The summed E-state index contributed by atoms with van der Waals surface area (Å²) in [6.07, 6.45) is 5.28. The molecule has 2 amide bonds. The Hall–Kier alpha value is -1.75. The lowest BCUT2D eigenvalue weighted by Crippen LogP contribution is -2.51. The number of amides is 2. The van der Waals surface area contributed by atoms with E-state index in [4.69, 9.17) is 11.6 Å². The van der Waals surface area contributed by atoms with Gasteiger partial charge in [-0.1, -0.05) is 43.0 Å². The summed E-state index contributed by atoms with van der Waals surface area (Å²) in [6, 6.07) is 6.77. The Morgan fingerprint density at radius 2 is 1.87 bits per heavy atom. The van der Waals surface area contributed by atoms with E-state index in [2.05, 4.69) is 15.4 Å². The van der Waals surface area contributed by atoms with Crippen molar-refractivity contribution < 1.29 is 14.3 Å². The molecule has 1 fully saturated rings. The van der Waals surface area contributed by atoms with Gasteiger partial charge in [-0.15, -0.1) is 0 Å². The SMILES string of the molecule is COC(=O)NC(Cc1ccc(Cl)cc1)C(=O)NC1CCCCC1. The molecular weight excluding hydrogens is 316 g/mol. The van der Waals surface area contributed by atoms with E-state index in [1.807, 2.05) is 12.1 Å². The predicted octanol–water partition coefficient (Wildman–Crippen LogP) is 3.06. The summed E-state index contributed by atoms with van der Waals surface area (Å²) in [5.41, 5.74) is 0.926. The summed E-state index contributed by atoms with van der Waals surface area (Å²) in [4.78, 5) is 24.1. The van der Waals surface area contributed by atoms with Crippen LogP contribution in [0.15, 0.2) is 24.3 Å². The molecule has 5 nitrogen and oxygen atoms in total. The lowest BCUT2D eigenvalue weighted by molar-refractivity contribution is -0.124. The molecule has 6 heteroatoms. The molecule has 1 unspecified atom stereocenters. The minimum absolute atomic E-state index is 0.169. The Kier molecular flexibility index (Phi) is 6.71. The van der Waals surface area contributed by atoms with Gasteiger partial charge in [-0.3, -0.25) is 4.79 Å². The van der Waals surface area contributed by atoms with Crippen LogP contribution < -0.4 is 10.6 Å². The highest BCUT2D eigenvalue weighted by molar-refractivity contribution is 6.30. The van der Waals surface area contributed by atoms with Gasteiger partial charge >= 0.3 is 6.09 Å². The molecule has 1 saturated carbocycles. The Balaban J connectivity index is 2.01. The standard InChI is InChI=1S/C17H23ClN2O3/c1-23-17(22)20-15(11-12-7-9-13(18)10-8-12)16(21)19-14-5-3-2-4-6-14/h7-10,14-15H,2-6,11H2,1H3,(H,19,21)(H,20,22). The number of carbonyl (C=O) groups is 2. The van der Waals surface area contributed by atoms with Crippen LogP contribution in [0.2, 0.25) is 5.02 Å². The molecule has 1 atom stereocenters. The minimum atomic E-state index is -0.662. The van der Waals surface area contributed by atoms with Crippen LogP contribution in [0.1, 0.15) is 37.7 Å². The minimum Gasteiger partial charge on any atom is -0.453 e. The van der Waals surface area contributed by atoms with Crippen LogP contribution in [-0.4, -0.2) is 31.2 Å². The number of alkyl carbamates (subject to hydrolysis) is 1. The van der Waals surface area contributed by atoms with Crippen LogP contribution in [0.4, 0.5) is 4.79 Å². The predicted molar refractivity (Wildman–Crippen MR) is 89.5 cm³/mol. The highest BCUT2D eigenvalue weighted by Crippen LogP contribution is 2.18. The van der Waals surface area contributed by atoms with E-state index in [0.29, 0.717) is 11.4 Å². The van der Waals surface area contributed by atoms with Crippen molar-refractivity contribution in [1.82, 2.24) is 10.6 Å². The van der Waals surface area contributed by atoms with Gasteiger partial charge in [-0.05, 0) is 30.5 Å². The molecular formula is C17H23ClN2O3. The number of ether oxygens (including phenoxy) is 1. The molecule has 1 aromatic carbocycles. The van der Waals surface area contributed by atoms with Crippen LogP contribution in [0.3, 0.4) is 0 Å². The fraction of sp³-hybridized carbons (Fsp3) is 0.529. The second kappa shape index (κ2) is 8.77. The fourth-order valence-corrected chi connectivity index (χ4v) is 2.94.